The minimum Gasteiger partial charge on any atom is -0.480 e. The van der Waals surface area contributed by atoms with E-state index in [1.54, 1.807) is 30.5 Å². The van der Waals surface area contributed by atoms with Gasteiger partial charge in [0.2, 0.25) is 11.9 Å². The molecule has 47 heavy (non-hydrogen) atoms. The van der Waals surface area contributed by atoms with Crippen LogP contribution in [0, 0.1) is 0 Å². The van der Waals surface area contributed by atoms with Crippen molar-refractivity contribution in [1.82, 2.24) is 30.6 Å². The summed E-state index contributed by atoms with van der Waals surface area (Å²) in [6, 6.07) is 5.36. The summed E-state index contributed by atoms with van der Waals surface area (Å²) >= 11 is 0. The van der Waals surface area contributed by atoms with Crippen LogP contribution in [0.1, 0.15) is 35.8 Å². The Morgan fingerprint density at radius 1 is 0.915 bits per heavy atom. The van der Waals surface area contributed by atoms with Crippen molar-refractivity contribution in [2.75, 3.05) is 82.8 Å². The molecule has 2 aromatic heterocycles. The molecular weight excluding hydrogens is 614 g/mol. The van der Waals surface area contributed by atoms with Crippen molar-refractivity contribution in [3.63, 3.8) is 0 Å². The third-order valence-electron chi connectivity index (χ3n) is 6.62. The molecule has 3 aromatic rings. The van der Waals surface area contributed by atoms with Crippen LogP contribution in [0.15, 0.2) is 30.5 Å². The van der Waals surface area contributed by atoms with Gasteiger partial charge in [0.15, 0.2) is 17.0 Å². The molecule has 0 unspecified atom stereocenters. The number of carboxylic acids is 1. The van der Waals surface area contributed by atoms with E-state index in [0.717, 1.165) is 5.69 Å². The predicted octanol–water partition coefficient (Wildman–Crippen LogP) is 0.386. The maximum atomic E-state index is 12.8. The number of anilines is 3. The van der Waals surface area contributed by atoms with Crippen LogP contribution in [0.5, 0.6) is 0 Å². The fourth-order valence-electron chi connectivity index (χ4n) is 4.19. The van der Waals surface area contributed by atoms with Crippen molar-refractivity contribution >= 4 is 46.4 Å². The van der Waals surface area contributed by atoms with Crippen molar-refractivity contribution in [3.05, 3.63) is 41.7 Å². The highest BCUT2D eigenvalue weighted by Crippen LogP contribution is 2.19. The average molecular weight is 658 g/mol. The molecule has 2 amide bonds. The fourth-order valence-corrected chi connectivity index (χ4v) is 4.19. The summed E-state index contributed by atoms with van der Waals surface area (Å²) in [5, 5.41) is 14.8. The number of benzene rings is 1. The quantitative estimate of drug-likeness (QED) is 0.0918. The van der Waals surface area contributed by atoms with Crippen molar-refractivity contribution in [3.8, 4) is 0 Å². The molecule has 2 heterocycles. The van der Waals surface area contributed by atoms with E-state index in [2.05, 4.69) is 30.6 Å². The largest absolute Gasteiger partial charge is 0.480 e. The first kappa shape index (κ1) is 36.8. The van der Waals surface area contributed by atoms with Gasteiger partial charge in [-0.3, -0.25) is 9.59 Å². The summed E-state index contributed by atoms with van der Waals surface area (Å²) in [5.74, 6) is -2.02. The first-order chi connectivity index (χ1) is 22.7. The molecule has 0 radical (unpaired) electrons. The lowest BCUT2D eigenvalue weighted by molar-refractivity contribution is -0.139. The van der Waals surface area contributed by atoms with Crippen LogP contribution in [-0.2, 0) is 35.1 Å². The van der Waals surface area contributed by atoms with Crippen LogP contribution in [0.4, 0.5) is 17.5 Å². The topological polar surface area (TPSA) is 239 Å². The number of carbonyl (C=O) groups excluding carboxylic acids is 2. The number of nitrogens with two attached hydrogens (primary N) is 2. The van der Waals surface area contributed by atoms with E-state index in [0.29, 0.717) is 69.7 Å². The van der Waals surface area contributed by atoms with Gasteiger partial charge in [-0.15, -0.1) is 0 Å². The molecular formula is C30H43N9O8. The minimum atomic E-state index is -1.25. The standard InChI is InChI=1S/C30H43N9O8/c1-3-44-12-13-46-16-17-47-15-14-45-11-10-33-24(40)9-8-23(29(42)43)36-28(41)20-4-6-22(7-5-20)39(2)19-21-18-34-27-25(35-21)26(31)37-30(32)38-27/h4-7,18,23H,3,8-17,19H2,1-2H3,(H,33,40)(H,36,41)(H,42,43)(H4,31,32,34,37,38)/t23-/m0/s1. The second-order valence-electron chi connectivity index (χ2n) is 10.2. The van der Waals surface area contributed by atoms with Crippen LogP contribution in [0.2, 0.25) is 0 Å². The van der Waals surface area contributed by atoms with Crippen LogP contribution in [0.25, 0.3) is 11.2 Å². The van der Waals surface area contributed by atoms with Gasteiger partial charge in [0, 0.05) is 37.9 Å². The minimum absolute atomic E-state index is 0.0146. The lowest BCUT2D eigenvalue weighted by atomic mass is 10.1. The molecule has 0 aliphatic heterocycles. The van der Waals surface area contributed by atoms with Crippen LogP contribution < -0.4 is 27.0 Å². The SMILES string of the molecule is CCOCCOCCOCCOCCNC(=O)CC[C@H](NC(=O)c1ccc(N(C)Cc2cnc3nc(N)nc(N)c3n2)cc1)C(=O)O. The summed E-state index contributed by atoms with van der Waals surface area (Å²) in [6.45, 7) is 6.25. The number of carboxylic acid groups (broad SMARTS) is 1. The lowest BCUT2D eigenvalue weighted by Crippen LogP contribution is -2.41. The van der Waals surface area contributed by atoms with Gasteiger partial charge < -0.3 is 51.1 Å². The molecule has 0 aliphatic rings. The average Bonchev–Trinajstić information content (AvgIpc) is 3.05. The van der Waals surface area contributed by atoms with Crippen LogP contribution in [-0.4, -0.2) is 115 Å². The van der Waals surface area contributed by atoms with Crippen molar-refractivity contribution in [1.29, 1.82) is 0 Å². The number of ether oxygens (including phenoxy) is 4. The van der Waals surface area contributed by atoms with Gasteiger partial charge in [-0.2, -0.15) is 9.97 Å². The predicted molar refractivity (Wildman–Crippen MR) is 173 cm³/mol. The number of hydrogen-bond acceptors (Lipinski definition) is 14. The Bertz CT molecular complexity index is 1440. The Labute approximate surface area is 272 Å². The maximum absolute atomic E-state index is 12.8. The zero-order valence-corrected chi connectivity index (χ0v) is 26.6. The Hall–Kier alpha value is -4.71. The van der Waals surface area contributed by atoms with Crippen LogP contribution >= 0.6 is 0 Å². The molecule has 3 rings (SSSR count). The summed E-state index contributed by atoms with van der Waals surface area (Å²) < 4.78 is 21.3. The highest BCUT2D eigenvalue weighted by Gasteiger charge is 2.22. The number of aromatic nitrogens is 4. The Kier molecular flexibility index (Phi) is 15.4. The van der Waals surface area contributed by atoms with Gasteiger partial charge >= 0.3 is 5.97 Å². The first-order valence-corrected chi connectivity index (χ1v) is 15.1. The highest BCUT2D eigenvalue weighted by atomic mass is 16.6. The van der Waals surface area contributed by atoms with E-state index in [1.165, 1.54) is 0 Å². The van der Waals surface area contributed by atoms with Gasteiger partial charge in [-0.1, -0.05) is 0 Å². The van der Waals surface area contributed by atoms with Gasteiger partial charge in [-0.05, 0) is 37.6 Å². The molecule has 0 fully saturated rings. The second kappa shape index (κ2) is 19.7. The summed E-state index contributed by atoms with van der Waals surface area (Å²) in [7, 11) is 1.83. The van der Waals surface area contributed by atoms with Gasteiger partial charge in [0.1, 0.15) is 6.04 Å². The van der Waals surface area contributed by atoms with Gasteiger partial charge in [0.05, 0.1) is 64.7 Å². The van der Waals surface area contributed by atoms with E-state index in [1.807, 2.05) is 18.9 Å². The zero-order valence-electron chi connectivity index (χ0n) is 26.6. The van der Waals surface area contributed by atoms with Crippen LogP contribution in [0.3, 0.4) is 0 Å². The Balaban J connectivity index is 1.35. The summed E-state index contributed by atoms with van der Waals surface area (Å²) in [4.78, 5) is 55.3. The van der Waals surface area contributed by atoms with Gasteiger partial charge in [-0.25, -0.2) is 14.8 Å². The number of nitrogens with one attached hydrogen (secondary N) is 2. The molecule has 0 spiro atoms. The van der Waals surface area contributed by atoms with Crippen molar-refractivity contribution < 1.29 is 38.4 Å². The molecule has 0 aliphatic carbocycles. The molecule has 17 nitrogen and oxygen atoms in total. The lowest BCUT2D eigenvalue weighted by Gasteiger charge is -2.19. The number of hydrogen-bond donors (Lipinski definition) is 5. The van der Waals surface area contributed by atoms with E-state index >= 15 is 0 Å². The second-order valence-corrected chi connectivity index (χ2v) is 10.2. The number of amides is 2. The number of rotatable bonds is 22. The van der Waals surface area contributed by atoms with E-state index in [-0.39, 0.29) is 49.2 Å². The molecule has 0 saturated heterocycles. The van der Waals surface area contributed by atoms with E-state index in [9.17, 15) is 19.5 Å². The zero-order chi connectivity index (χ0) is 34.0. The smallest absolute Gasteiger partial charge is 0.326 e. The monoisotopic (exact) mass is 657 g/mol. The number of nitrogens with zero attached hydrogens (tertiary/aromatic N) is 5. The van der Waals surface area contributed by atoms with Crippen molar-refractivity contribution in [2.45, 2.75) is 32.4 Å². The third-order valence-corrected chi connectivity index (χ3v) is 6.62. The van der Waals surface area contributed by atoms with E-state index in [4.69, 9.17) is 30.4 Å². The third kappa shape index (κ3) is 12.9. The fraction of sp³-hybridized carbons (Fsp3) is 0.500. The Morgan fingerprint density at radius 3 is 2.19 bits per heavy atom. The number of carbonyl (C=O) groups is 3. The molecule has 1 atom stereocenters. The summed E-state index contributed by atoms with van der Waals surface area (Å²) in [6.07, 6.45) is 1.40. The Morgan fingerprint density at radius 2 is 1.55 bits per heavy atom. The molecule has 256 valence electrons. The molecule has 0 saturated carbocycles. The van der Waals surface area contributed by atoms with Gasteiger partial charge in [0.25, 0.3) is 5.91 Å². The first-order valence-electron chi connectivity index (χ1n) is 15.1. The molecule has 17 heteroatoms. The number of nitrogen functional groups attached to an aromatic ring is 2. The molecule has 1 aromatic carbocycles. The summed E-state index contributed by atoms with van der Waals surface area (Å²) in [5.41, 5.74) is 13.8. The maximum Gasteiger partial charge on any atom is 0.326 e. The number of fused-ring (bicyclic) bond motifs is 1. The normalized spacial score (nSPS) is 11.7. The molecule has 0 bridgehead atoms. The molecule has 7 N–H and O–H groups in total. The van der Waals surface area contributed by atoms with Crippen molar-refractivity contribution in [2.24, 2.45) is 0 Å². The number of aliphatic carboxylic acids is 1. The highest BCUT2D eigenvalue weighted by molar-refractivity contribution is 5.97. The van der Waals surface area contributed by atoms with E-state index < -0.39 is 17.9 Å².